The van der Waals surface area contributed by atoms with Crippen LogP contribution in [0.1, 0.15) is 17.4 Å². The second-order valence-corrected chi connectivity index (χ2v) is 5.45. The molecule has 0 spiro atoms. The summed E-state index contributed by atoms with van der Waals surface area (Å²) in [5.41, 5.74) is 0.957. The van der Waals surface area contributed by atoms with E-state index in [1.54, 1.807) is 17.5 Å². The minimum atomic E-state index is -0.310. The van der Waals surface area contributed by atoms with Crippen molar-refractivity contribution in [2.24, 2.45) is 0 Å². The molecular formula is C12H10BrN3O2S. The largest absolute Gasteiger partial charge is 0.321 e. The smallest absolute Gasteiger partial charge is 0.275 e. The molecule has 2 aromatic rings. The lowest BCUT2D eigenvalue weighted by Gasteiger charge is -2.02. The lowest BCUT2D eigenvalue weighted by atomic mass is 10.3. The number of nitrogens with one attached hydrogen (secondary N) is 2. The summed E-state index contributed by atoms with van der Waals surface area (Å²) in [7, 11) is 0. The van der Waals surface area contributed by atoms with E-state index in [-0.39, 0.29) is 17.5 Å². The fraction of sp³-hybridized carbons (Fsp3) is 0.0833. The van der Waals surface area contributed by atoms with Gasteiger partial charge in [0.15, 0.2) is 5.13 Å². The fourth-order valence-electron chi connectivity index (χ4n) is 1.31. The van der Waals surface area contributed by atoms with Gasteiger partial charge < -0.3 is 10.6 Å². The summed E-state index contributed by atoms with van der Waals surface area (Å²) in [6, 6.07) is 7.23. The van der Waals surface area contributed by atoms with E-state index >= 15 is 0 Å². The van der Waals surface area contributed by atoms with E-state index in [4.69, 9.17) is 0 Å². The van der Waals surface area contributed by atoms with Crippen LogP contribution < -0.4 is 10.6 Å². The van der Waals surface area contributed by atoms with Crippen molar-refractivity contribution in [2.75, 3.05) is 10.6 Å². The molecular weight excluding hydrogens is 330 g/mol. The summed E-state index contributed by atoms with van der Waals surface area (Å²) < 4.78 is 0.937. The van der Waals surface area contributed by atoms with Gasteiger partial charge in [-0.2, -0.15) is 0 Å². The molecule has 0 aliphatic heterocycles. The van der Waals surface area contributed by atoms with Gasteiger partial charge in [0.25, 0.3) is 5.91 Å². The molecule has 0 saturated heterocycles. The van der Waals surface area contributed by atoms with Crippen molar-refractivity contribution in [3.63, 3.8) is 0 Å². The van der Waals surface area contributed by atoms with E-state index in [9.17, 15) is 9.59 Å². The number of benzene rings is 1. The second-order valence-electron chi connectivity index (χ2n) is 3.68. The Morgan fingerprint density at radius 2 is 1.89 bits per heavy atom. The van der Waals surface area contributed by atoms with Crippen molar-refractivity contribution in [1.29, 1.82) is 0 Å². The molecule has 1 aromatic heterocycles. The first kappa shape index (κ1) is 13.7. The molecule has 2 amide bonds. The molecule has 0 bridgehead atoms. The summed E-state index contributed by atoms with van der Waals surface area (Å²) in [6.45, 7) is 1.39. The van der Waals surface area contributed by atoms with Crippen molar-refractivity contribution >= 4 is 49.9 Å². The zero-order chi connectivity index (χ0) is 13.8. The van der Waals surface area contributed by atoms with Crippen LogP contribution in [0, 0.1) is 0 Å². The first-order valence-electron chi connectivity index (χ1n) is 5.34. The Labute approximate surface area is 122 Å². The van der Waals surface area contributed by atoms with Crippen LogP contribution in [-0.2, 0) is 4.79 Å². The van der Waals surface area contributed by atoms with Crippen molar-refractivity contribution in [1.82, 2.24) is 4.98 Å². The molecule has 2 rings (SSSR count). The van der Waals surface area contributed by atoms with Gasteiger partial charge in [0.1, 0.15) is 5.69 Å². The van der Waals surface area contributed by atoms with Gasteiger partial charge >= 0.3 is 0 Å². The maximum atomic E-state index is 11.9. The predicted molar refractivity (Wildman–Crippen MR) is 78.5 cm³/mol. The van der Waals surface area contributed by atoms with Gasteiger partial charge in [-0.05, 0) is 24.3 Å². The number of hydrogen-bond acceptors (Lipinski definition) is 4. The van der Waals surface area contributed by atoms with E-state index in [1.165, 1.54) is 18.3 Å². The van der Waals surface area contributed by atoms with Crippen LogP contribution in [0.15, 0.2) is 34.1 Å². The minimum absolute atomic E-state index is 0.214. The SMILES string of the molecule is CC(=O)Nc1nc(C(=O)Nc2ccc(Br)cc2)cs1. The normalized spacial score (nSPS) is 10.0. The average molecular weight is 340 g/mol. The van der Waals surface area contributed by atoms with Gasteiger partial charge in [0, 0.05) is 22.5 Å². The molecule has 19 heavy (non-hydrogen) atoms. The quantitative estimate of drug-likeness (QED) is 0.902. The molecule has 2 N–H and O–H groups in total. The summed E-state index contributed by atoms with van der Waals surface area (Å²) in [6.07, 6.45) is 0. The Hall–Kier alpha value is -1.73. The van der Waals surface area contributed by atoms with E-state index in [2.05, 4.69) is 31.5 Å². The number of thiazole rings is 1. The number of carbonyl (C=O) groups is 2. The molecule has 0 aliphatic carbocycles. The van der Waals surface area contributed by atoms with Gasteiger partial charge in [-0.15, -0.1) is 11.3 Å². The Morgan fingerprint density at radius 1 is 1.21 bits per heavy atom. The van der Waals surface area contributed by atoms with Crippen molar-refractivity contribution in [2.45, 2.75) is 6.92 Å². The number of nitrogens with zero attached hydrogens (tertiary/aromatic N) is 1. The first-order chi connectivity index (χ1) is 9.04. The fourth-order valence-corrected chi connectivity index (χ4v) is 2.32. The van der Waals surface area contributed by atoms with Crippen molar-refractivity contribution < 1.29 is 9.59 Å². The molecule has 98 valence electrons. The molecule has 0 aliphatic rings. The maximum absolute atomic E-state index is 11.9. The number of hydrogen-bond donors (Lipinski definition) is 2. The number of rotatable bonds is 3. The average Bonchev–Trinajstić information content (AvgIpc) is 2.80. The zero-order valence-electron chi connectivity index (χ0n) is 9.94. The van der Waals surface area contributed by atoms with Crippen molar-refractivity contribution in [3.8, 4) is 0 Å². The molecule has 0 atom stereocenters. The highest BCUT2D eigenvalue weighted by Gasteiger charge is 2.11. The summed E-state index contributed by atoms with van der Waals surface area (Å²) in [4.78, 5) is 26.8. The summed E-state index contributed by atoms with van der Waals surface area (Å²) in [5, 5.41) is 7.26. The van der Waals surface area contributed by atoms with Gasteiger partial charge in [-0.25, -0.2) is 4.98 Å². The topological polar surface area (TPSA) is 71.1 Å². The third-order valence-electron chi connectivity index (χ3n) is 2.12. The number of carbonyl (C=O) groups excluding carboxylic acids is 2. The lowest BCUT2D eigenvalue weighted by Crippen LogP contribution is -2.13. The third-order valence-corrected chi connectivity index (χ3v) is 3.41. The minimum Gasteiger partial charge on any atom is -0.321 e. The molecule has 0 saturated carbocycles. The number of anilines is 2. The van der Waals surface area contributed by atoms with Crippen LogP contribution in [0.2, 0.25) is 0 Å². The second kappa shape index (κ2) is 5.94. The van der Waals surface area contributed by atoms with Gasteiger partial charge in [-0.3, -0.25) is 9.59 Å². The third kappa shape index (κ3) is 3.87. The van der Waals surface area contributed by atoms with E-state index in [0.717, 1.165) is 4.47 Å². The molecule has 0 fully saturated rings. The number of amides is 2. The Morgan fingerprint density at radius 3 is 2.53 bits per heavy atom. The molecule has 0 unspecified atom stereocenters. The molecule has 0 radical (unpaired) electrons. The first-order valence-corrected chi connectivity index (χ1v) is 7.02. The molecule has 7 heteroatoms. The van der Waals surface area contributed by atoms with Crippen LogP contribution in [-0.4, -0.2) is 16.8 Å². The van der Waals surface area contributed by atoms with E-state index in [1.807, 2.05) is 12.1 Å². The van der Waals surface area contributed by atoms with Crippen LogP contribution in [0.5, 0.6) is 0 Å². The van der Waals surface area contributed by atoms with Gasteiger partial charge in [0.05, 0.1) is 0 Å². The number of halogens is 1. The maximum Gasteiger partial charge on any atom is 0.275 e. The highest BCUT2D eigenvalue weighted by Crippen LogP contribution is 2.18. The number of aromatic nitrogens is 1. The van der Waals surface area contributed by atoms with E-state index < -0.39 is 0 Å². The summed E-state index contributed by atoms with van der Waals surface area (Å²) >= 11 is 4.53. The van der Waals surface area contributed by atoms with Crippen molar-refractivity contribution in [3.05, 3.63) is 39.8 Å². The highest BCUT2D eigenvalue weighted by atomic mass is 79.9. The van der Waals surface area contributed by atoms with Gasteiger partial charge in [-0.1, -0.05) is 15.9 Å². The lowest BCUT2D eigenvalue weighted by molar-refractivity contribution is -0.114. The van der Waals surface area contributed by atoms with Crippen LogP contribution >= 0.6 is 27.3 Å². The predicted octanol–water partition coefficient (Wildman–Crippen LogP) is 3.12. The summed E-state index contributed by atoms with van der Waals surface area (Å²) in [5.74, 6) is -0.524. The molecule has 1 heterocycles. The monoisotopic (exact) mass is 339 g/mol. The zero-order valence-corrected chi connectivity index (χ0v) is 12.3. The Kier molecular flexibility index (Phi) is 4.28. The molecule has 1 aromatic carbocycles. The Balaban J connectivity index is 2.05. The van der Waals surface area contributed by atoms with E-state index in [0.29, 0.717) is 10.8 Å². The Bertz CT molecular complexity index is 610. The van der Waals surface area contributed by atoms with Crippen LogP contribution in [0.25, 0.3) is 0 Å². The standard InChI is InChI=1S/C12H10BrN3O2S/c1-7(17)14-12-16-10(6-19-12)11(18)15-9-4-2-8(13)3-5-9/h2-6H,1H3,(H,15,18)(H,14,16,17). The van der Waals surface area contributed by atoms with Gasteiger partial charge in [0.2, 0.25) is 5.91 Å². The molecule has 5 nitrogen and oxygen atoms in total. The highest BCUT2D eigenvalue weighted by molar-refractivity contribution is 9.10. The van der Waals surface area contributed by atoms with Crippen LogP contribution in [0.4, 0.5) is 10.8 Å². The van der Waals surface area contributed by atoms with Crippen LogP contribution in [0.3, 0.4) is 0 Å².